The van der Waals surface area contributed by atoms with E-state index in [0.29, 0.717) is 5.17 Å². The summed E-state index contributed by atoms with van der Waals surface area (Å²) >= 11 is 5.46. The van der Waals surface area contributed by atoms with Crippen molar-refractivity contribution >= 4 is 29.3 Å². The molecule has 0 aromatic carbocycles. The summed E-state index contributed by atoms with van der Waals surface area (Å²) in [5.41, 5.74) is -0.608. The minimum Gasteiger partial charge on any atom is -0.459 e. The fourth-order valence-electron chi connectivity index (χ4n) is 3.71. The smallest absolute Gasteiger partial charge is 0.408 e. The third kappa shape index (κ3) is 6.94. The number of carbonyl (C=O) groups excluding carboxylic acids is 2. The third-order valence-electron chi connectivity index (χ3n) is 5.11. The normalized spacial score (nSPS) is 20.7. The lowest BCUT2D eigenvalue weighted by molar-refractivity contribution is -0.131. The van der Waals surface area contributed by atoms with E-state index in [9.17, 15) is 9.59 Å². The van der Waals surface area contributed by atoms with Crippen molar-refractivity contribution in [1.82, 2.24) is 10.2 Å². The molecule has 0 aromatic rings. The number of nitrogens with one attached hydrogen (secondary N) is 1. The Morgan fingerprint density at radius 2 is 1.67 bits per heavy atom. The first-order chi connectivity index (χ1) is 12.7. The monoisotopic (exact) mass is 398 g/mol. The number of Topliss-reactive ketones (excluding diaryl/α,β-unsaturated/α-hetero) is 1. The Kier molecular flexibility index (Phi) is 7.89. The van der Waals surface area contributed by atoms with Gasteiger partial charge in [0.2, 0.25) is 0 Å². The highest BCUT2D eigenvalue weighted by Gasteiger charge is 2.36. The van der Waals surface area contributed by atoms with Gasteiger partial charge >= 0.3 is 6.09 Å². The van der Waals surface area contributed by atoms with Crippen LogP contribution in [0.15, 0.2) is 0 Å². The molecule has 1 N–H and O–H groups in total. The standard InChI is InChI=1S/C20H34N2O4S/c1-14(21-18(24)26-20(2,3)4)16(23)17(15-10-6-5-7-11-15)25-19(27)22-12-8-9-13-22/h14-15,17H,5-13H2,1-4H3,(H,21,24)/t14-,17+/m0/s1. The van der Waals surface area contributed by atoms with Crippen LogP contribution in [0.2, 0.25) is 0 Å². The maximum Gasteiger partial charge on any atom is 0.408 e. The highest BCUT2D eigenvalue weighted by molar-refractivity contribution is 7.80. The van der Waals surface area contributed by atoms with Crippen molar-refractivity contribution in [3.63, 3.8) is 0 Å². The fraction of sp³-hybridized carbons (Fsp3) is 0.850. The van der Waals surface area contributed by atoms with Crippen molar-refractivity contribution in [2.24, 2.45) is 5.92 Å². The molecular weight excluding hydrogens is 364 g/mol. The highest BCUT2D eigenvalue weighted by Crippen LogP contribution is 2.30. The van der Waals surface area contributed by atoms with Gasteiger partial charge in [-0.2, -0.15) is 0 Å². The van der Waals surface area contributed by atoms with Crippen molar-refractivity contribution < 1.29 is 19.1 Å². The first-order valence-electron chi connectivity index (χ1n) is 10.2. The van der Waals surface area contributed by atoms with Crippen LogP contribution in [-0.4, -0.2) is 52.8 Å². The molecule has 0 spiro atoms. The largest absolute Gasteiger partial charge is 0.459 e. The van der Waals surface area contributed by atoms with Crippen LogP contribution in [0.3, 0.4) is 0 Å². The average molecular weight is 399 g/mol. The molecule has 2 atom stereocenters. The lowest BCUT2D eigenvalue weighted by atomic mass is 9.82. The van der Waals surface area contributed by atoms with Crippen molar-refractivity contribution in [1.29, 1.82) is 0 Å². The van der Waals surface area contributed by atoms with Crippen LogP contribution in [0.1, 0.15) is 72.6 Å². The van der Waals surface area contributed by atoms with Gasteiger partial charge in [0.05, 0.1) is 6.04 Å². The van der Waals surface area contributed by atoms with Gasteiger partial charge in [0.15, 0.2) is 11.9 Å². The highest BCUT2D eigenvalue weighted by atomic mass is 32.1. The second-order valence-electron chi connectivity index (χ2n) is 8.67. The van der Waals surface area contributed by atoms with E-state index in [1.165, 1.54) is 6.42 Å². The van der Waals surface area contributed by atoms with Gasteiger partial charge in [0, 0.05) is 19.0 Å². The second-order valence-corrected chi connectivity index (χ2v) is 9.02. The first kappa shape index (κ1) is 21.9. The SMILES string of the molecule is C[C@H](NC(=O)OC(C)(C)C)C(=O)[C@H](OC(=S)N1CCCC1)C1CCCCC1. The molecule has 7 heteroatoms. The molecule has 154 valence electrons. The number of amides is 1. The number of nitrogens with zero attached hydrogens (tertiary/aromatic N) is 1. The Balaban J connectivity index is 2.02. The maximum atomic E-state index is 13.1. The molecule has 1 saturated heterocycles. The summed E-state index contributed by atoms with van der Waals surface area (Å²) < 4.78 is 11.3. The zero-order chi connectivity index (χ0) is 20.0. The Hall–Kier alpha value is -1.37. The number of rotatable bonds is 5. The van der Waals surface area contributed by atoms with Gasteiger partial charge in [0.25, 0.3) is 5.17 Å². The van der Waals surface area contributed by atoms with Crippen LogP contribution in [-0.2, 0) is 14.3 Å². The van der Waals surface area contributed by atoms with Crippen molar-refractivity contribution in [2.45, 2.75) is 90.4 Å². The number of hydrogen-bond acceptors (Lipinski definition) is 5. The van der Waals surface area contributed by atoms with E-state index in [1.807, 2.05) is 4.90 Å². The van der Waals surface area contributed by atoms with Gasteiger partial charge in [0.1, 0.15) is 5.60 Å². The quantitative estimate of drug-likeness (QED) is 0.710. The third-order valence-corrected chi connectivity index (χ3v) is 5.46. The lowest BCUT2D eigenvalue weighted by Gasteiger charge is -2.33. The summed E-state index contributed by atoms with van der Waals surface area (Å²) in [6.07, 6.45) is 6.31. The number of ether oxygens (including phenoxy) is 2. The van der Waals surface area contributed by atoms with Crippen LogP contribution in [0.4, 0.5) is 4.79 Å². The predicted octanol–water partition coefficient (Wildman–Crippen LogP) is 3.81. The molecular formula is C20H34N2O4S. The van der Waals surface area contributed by atoms with E-state index in [-0.39, 0.29) is 11.7 Å². The summed E-state index contributed by atoms with van der Waals surface area (Å²) in [4.78, 5) is 27.2. The predicted molar refractivity (Wildman–Crippen MR) is 109 cm³/mol. The molecule has 0 radical (unpaired) electrons. The van der Waals surface area contributed by atoms with Crippen LogP contribution in [0.5, 0.6) is 0 Å². The van der Waals surface area contributed by atoms with Gasteiger partial charge in [-0.05, 0) is 65.6 Å². The summed E-state index contributed by atoms with van der Waals surface area (Å²) in [6.45, 7) is 8.83. The van der Waals surface area contributed by atoms with Gasteiger partial charge in [-0.15, -0.1) is 0 Å². The van der Waals surface area contributed by atoms with E-state index in [2.05, 4.69) is 5.32 Å². The molecule has 0 bridgehead atoms. The number of carbonyl (C=O) groups is 2. The van der Waals surface area contributed by atoms with Gasteiger partial charge in [-0.3, -0.25) is 4.79 Å². The van der Waals surface area contributed by atoms with Crippen molar-refractivity contribution in [3.8, 4) is 0 Å². The Morgan fingerprint density at radius 3 is 2.22 bits per heavy atom. The first-order valence-corrected chi connectivity index (χ1v) is 10.6. The van der Waals surface area contributed by atoms with Crippen LogP contribution in [0.25, 0.3) is 0 Å². The number of alkyl carbamates (subject to hydrolysis) is 1. The summed E-state index contributed by atoms with van der Waals surface area (Å²) in [7, 11) is 0. The van der Waals surface area contributed by atoms with E-state index in [1.54, 1.807) is 27.7 Å². The van der Waals surface area contributed by atoms with E-state index in [0.717, 1.165) is 51.6 Å². The molecule has 1 saturated carbocycles. The van der Waals surface area contributed by atoms with Gasteiger partial charge in [-0.25, -0.2) is 4.79 Å². The lowest BCUT2D eigenvalue weighted by Crippen LogP contribution is -2.49. The average Bonchev–Trinajstić information content (AvgIpc) is 3.12. The molecule has 6 nitrogen and oxygen atoms in total. The van der Waals surface area contributed by atoms with Crippen LogP contribution < -0.4 is 5.32 Å². The minimum atomic E-state index is -0.687. The zero-order valence-corrected chi connectivity index (χ0v) is 17.9. The molecule has 27 heavy (non-hydrogen) atoms. The van der Waals surface area contributed by atoms with E-state index >= 15 is 0 Å². The Labute approximate surface area is 168 Å². The number of ketones is 1. The Bertz CT molecular complexity index is 535. The minimum absolute atomic E-state index is 0.130. The number of likely N-dealkylation sites (tertiary alicyclic amines) is 1. The number of thiocarbonyl (C=S) groups is 1. The van der Waals surface area contributed by atoms with E-state index in [4.69, 9.17) is 21.7 Å². The maximum absolute atomic E-state index is 13.1. The summed E-state index contributed by atoms with van der Waals surface area (Å²) in [5.74, 6) is 0.0176. The molecule has 1 amide bonds. The topological polar surface area (TPSA) is 67.9 Å². The van der Waals surface area contributed by atoms with Gasteiger partial charge in [-0.1, -0.05) is 19.3 Å². The molecule has 0 unspecified atom stereocenters. The van der Waals surface area contributed by atoms with Crippen molar-refractivity contribution in [2.75, 3.05) is 13.1 Å². The summed E-state index contributed by atoms with van der Waals surface area (Å²) in [6, 6.07) is -0.687. The molecule has 2 aliphatic rings. The van der Waals surface area contributed by atoms with E-state index < -0.39 is 23.8 Å². The zero-order valence-electron chi connectivity index (χ0n) is 17.1. The molecule has 1 aliphatic heterocycles. The molecule has 1 aliphatic carbocycles. The molecule has 0 aromatic heterocycles. The molecule has 2 rings (SSSR count). The fourth-order valence-corrected chi connectivity index (χ4v) is 3.99. The van der Waals surface area contributed by atoms with Gasteiger partial charge < -0.3 is 19.7 Å². The Morgan fingerprint density at radius 1 is 1.07 bits per heavy atom. The summed E-state index contributed by atoms with van der Waals surface area (Å²) in [5, 5.41) is 3.07. The van der Waals surface area contributed by atoms with Crippen LogP contribution in [0, 0.1) is 5.92 Å². The molecule has 1 heterocycles. The second kappa shape index (κ2) is 9.71. The molecule has 2 fully saturated rings. The van der Waals surface area contributed by atoms with Crippen LogP contribution >= 0.6 is 12.2 Å². The number of hydrogen-bond donors (Lipinski definition) is 1. The van der Waals surface area contributed by atoms with Crippen molar-refractivity contribution in [3.05, 3.63) is 0 Å².